The molecule has 1 aromatic carbocycles. The van der Waals surface area contributed by atoms with E-state index in [0.29, 0.717) is 30.0 Å². The van der Waals surface area contributed by atoms with Crippen LogP contribution in [0.3, 0.4) is 0 Å². The lowest BCUT2D eigenvalue weighted by Gasteiger charge is -2.33. The van der Waals surface area contributed by atoms with Crippen LogP contribution in [0.1, 0.15) is 101 Å². The highest BCUT2D eigenvalue weighted by Gasteiger charge is 2.29. The van der Waals surface area contributed by atoms with Crippen molar-refractivity contribution in [1.29, 1.82) is 0 Å². The average molecular weight is 719 g/mol. The van der Waals surface area contributed by atoms with Crippen LogP contribution in [0.25, 0.3) is 11.3 Å². The fraction of sp³-hybridized carbons (Fsp3) is 0.488. The lowest BCUT2D eigenvalue weighted by atomic mass is 9.77. The first-order valence-electron chi connectivity index (χ1n) is 19.2. The van der Waals surface area contributed by atoms with Crippen molar-refractivity contribution in [3.05, 3.63) is 99.7 Å². The predicted octanol–water partition coefficient (Wildman–Crippen LogP) is 6.69. The van der Waals surface area contributed by atoms with Crippen LogP contribution < -0.4 is 21.1 Å². The Morgan fingerprint density at radius 3 is 2.55 bits per heavy atom. The van der Waals surface area contributed by atoms with Crippen molar-refractivity contribution in [3.8, 4) is 5.69 Å². The van der Waals surface area contributed by atoms with Crippen molar-refractivity contribution in [2.24, 2.45) is 0 Å². The molecule has 53 heavy (non-hydrogen) atoms. The number of urea groups is 1. The van der Waals surface area contributed by atoms with E-state index in [0.717, 1.165) is 56.1 Å². The zero-order valence-corrected chi connectivity index (χ0v) is 32.0. The summed E-state index contributed by atoms with van der Waals surface area (Å²) in [7, 11) is 3.97. The molecule has 12 nitrogen and oxygen atoms in total. The molecule has 280 valence electrons. The zero-order valence-electron chi connectivity index (χ0n) is 32.0. The molecule has 0 bridgehead atoms. The van der Waals surface area contributed by atoms with Gasteiger partial charge < -0.3 is 19.7 Å². The topological polar surface area (TPSA) is 118 Å². The van der Waals surface area contributed by atoms with Crippen molar-refractivity contribution in [3.63, 3.8) is 0 Å². The number of likely N-dealkylation sites (N-methyl/N-ethyl adjacent to an activating group) is 1. The summed E-state index contributed by atoms with van der Waals surface area (Å²) >= 11 is 0. The molecule has 0 saturated carbocycles. The molecule has 12 heteroatoms. The van der Waals surface area contributed by atoms with Crippen LogP contribution in [0, 0.1) is 0 Å². The number of amides is 2. The van der Waals surface area contributed by atoms with Gasteiger partial charge in [-0.1, -0.05) is 51.1 Å². The maximum atomic E-state index is 13.7. The Morgan fingerprint density at radius 1 is 0.981 bits per heavy atom. The SMILES string of the molecule is C[C@H]1CCCCN1c1nnc2ccc(CC[C@@H]3CC[C@H](NC(=O)Nc4cc(C(C)(C)C)nn4-c4ccn(CCN(C)C)c(=O)c4)c4ccccc43)cn12. The number of hydrogen-bond acceptors (Lipinski definition) is 7. The van der Waals surface area contributed by atoms with Gasteiger partial charge in [-0.25, -0.2) is 9.48 Å². The molecular formula is C41H54N10O2. The smallest absolute Gasteiger partial charge is 0.320 e. The first-order valence-corrected chi connectivity index (χ1v) is 19.2. The van der Waals surface area contributed by atoms with Gasteiger partial charge in [-0.2, -0.15) is 5.10 Å². The molecule has 4 aromatic heterocycles. The number of piperidine rings is 1. The van der Waals surface area contributed by atoms with Crippen LogP contribution in [-0.2, 0) is 18.4 Å². The third-order valence-corrected chi connectivity index (χ3v) is 10.9. The van der Waals surface area contributed by atoms with Gasteiger partial charge in [0.25, 0.3) is 5.56 Å². The van der Waals surface area contributed by atoms with Crippen LogP contribution >= 0.6 is 0 Å². The van der Waals surface area contributed by atoms with E-state index in [1.54, 1.807) is 21.5 Å². The molecule has 2 N–H and O–H groups in total. The van der Waals surface area contributed by atoms with E-state index in [1.165, 1.54) is 36.0 Å². The highest BCUT2D eigenvalue weighted by molar-refractivity contribution is 5.89. The summed E-state index contributed by atoms with van der Waals surface area (Å²) in [6.45, 7) is 10.9. The normalized spacial score (nSPS) is 19.1. The first-order chi connectivity index (χ1) is 25.4. The standard InChI is InChI=1S/C41H54N10O2/c1-28-11-9-10-21-49(28)40-45-44-36-19-15-29(27-50(36)40)14-16-30-17-18-34(33-13-8-7-12-32(30)33)42-39(53)43-37-26-35(41(2,3)4)46-51(37)31-20-22-48(38(52)25-31)24-23-47(5)6/h7-8,12-13,15,19-20,22,25-28,30,34H,9-11,14,16-18,21,23-24H2,1-6H3,(H2,42,43,53)/t28-,30+,34-/m0/s1. The van der Waals surface area contributed by atoms with Gasteiger partial charge in [-0.15, -0.1) is 10.2 Å². The third kappa shape index (κ3) is 8.02. The number of nitrogens with zero attached hydrogens (tertiary/aromatic N) is 8. The van der Waals surface area contributed by atoms with Crippen LogP contribution in [0.2, 0.25) is 0 Å². The lowest BCUT2D eigenvalue weighted by molar-refractivity contribution is 0.246. The molecular weight excluding hydrogens is 665 g/mol. The number of rotatable bonds is 10. The number of pyridine rings is 2. The van der Waals surface area contributed by atoms with E-state index in [4.69, 9.17) is 5.10 Å². The summed E-state index contributed by atoms with van der Waals surface area (Å²) in [6, 6.07) is 18.2. The van der Waals surface area contributed by atoms with E-state index in [1.807, 2.05) is 31.1 Å². The fourth-order valence-electron chi connectivity index (χ4n) is 7.80. The van der Waals surface area contributed by atoms with Crippen molar-refractivity contribution in [1.82, 2.24) is 39.2 Å². The number of anilines is 2. The molecule has 2 amide bonds. The van der Waals surface area contributed by atoms with E-state index in [9.17, 15) is 9.59 Å². The fourth-order valence-corrected chi connectivity index (χ4v) is 7.80. The Bertz CT molecular complexity index is 2120. The molecule has 1 fully saturated rings. The lowest BCUT2D eigenvalue weighted by Crippen LogP contribution is -2.38. The van der Waals surface area contributed by atoms with Crippen LogP contribution in [0.5, 0.6) is 0 Å². The number of hydrogen-bond donors (Lipinski definition) is 2. The molecule has 1 aliphatic carbocycles. The summed E-state index contributed by atoms with van der Waals surface area (Å²) < 4.78 is 5.52. The van der Waals surface area contributed by atoms with Crippen molar-refractivity contribution < 1.29 is 4.79 Å². The molecule has 0 spiro atoms. The second-order valence-electron chi connectivity index (χ2n) is 16.2. The third-order valence-electron chi connectivity index (χ3n) is 10.9. The number of carbonyl (C=O) groups excluding carboxylic acids is 1. The molecule has 3 atom stereocenters. The minimum absolute atomic E-state index is 0.114. The van der Waals surface area contributed by atoms with Gasteiger partial charge in [0.15, 0.2) is 5.65 Å². The summed E-state index contributed by atoms with van der Waals surface area (Å²) in [5, 5.41) is 20.2. The maximum Gasteiger partial charge on any atom is 0.320 e. The van der Waals surface area contributed by atoms with Gasteiger partial charge in [0.2, 0.25) is 5.95 Å². The number of aromatic nitrogens is 6. The van der Waals surface area contributed by atoms with Gasteiger partial charge in [-0.05, 0) is 101 Å². The molecule has 7 rings (SSSR count). The van der Waals surface area contributed by atoms with Crippen molar-refractivity contribution in [2.45, 2.75) is 103 Å². The van der Waals surface area contributed by atoms with Gasteiger partial charge in [0.1, 0.15) is 5.82 Å². The first kappa shape index (κ1) is 36.4. The van der Waals surface area contributed by atoms with Crippen LogP contribution in [0.15, 0.2) is 71.8 Å². The summed E-state index contributed by atoms with van der Waals surface area (Å²) in [6.07, 6.45) is 11.4. The molecule has 5 aromatic rings. The van der Waals surface area contributed by atoms with Crippen LogP contribution in [0.4, 0.5) is 16.6 Å². The van der Waals surface area contributed by atoms with Gasteiger partial charge >= 0.3 is 6.03 Å². The predicted molar refractivity (Wildman–Crippen MR) is 210 cm³/mol. The molecule has 0 unspecified atom stereocenters. The van der Waals surface area contributed by atoms with E-state index in [-0.39, 0.29) is 23.0 Å². The second-order valence-corrected chi connectivity index (χ2v) is 16.2. The number of aryl methyl sites for hydroxylation is 1. The highest BCUT2D eigenvalue weighted by Crippen LogP contribution is 2.40. The maximum absolute atomic E-state index is 13.7. The number of fused-ring (bicyclic) bond motifs is 2. The minimum Gasteiger partial charge on any atom is -0.338 e. The minimum atomic E-state index is -0.301. The molecule has 1 saturated heterocycles. The Morgan fingerprint density at radius 2 is 1.79 bits per heavy atom. The van der Waals surface area contributed by atoms with Crippen molar-refractivity contribution in [2.75, 3.05) is 37.4 Å². The molecule has 1 aliphatic heterocycles. The van der Waals surface area contributed by atoms with Gasteiger partial charge in [0, 0.05) is 55.6 Å². The van der Waals surface area contributed by atoms with E-state index >= 15 is 0 Å². The Hall–Kier alpha value is -4.97. The number of nitrogens with one attached hydrogen (secondary N) is 2. The largest absolute Gasteiger partial charge is 0.338 e. The van der Waals surface area contributed by atoms with E-state index < -0.39 is 0 Å². The zero-order chi connectivity index (χ0) is 37.3. The molecule has 2 aliphatic rings. The number of carbonyl (C=O) groups is 1. The summed E-state index contributed by atoms with van der Waals surface area (Å²) in [5.41, 5.74) is 5.68. The summed E-state index contributed by atoms with van der Waals surface area (Å²) in [4.78, 5) is 31.2. The van der Waals surface area contributed by atoms with Crippen LogP contribution in [-0.4, -0.2) is 73.1 Å². The molecule has 5 heterocycles. The monoisotopic (exact) mass is 718 g/mol. The Balaban J connectivity index is 1.05. The Labute approximate surface area is 312 Å². The average Bonchev–Trinajstić information content (AvgIpc) is 3.75. The molecule has 0 radical (unpaired) electrons. The second kappa shape index (κ2) is 15.2. The highest BCUT2D eigenvalue weighted by atomic mass is 16.2. The van der Waals surface area contributed by atoms with E-state index in [2.05, 4.69) is 100 Å². The Kier molecular flexibility index (Phi) is 10.4. The quantitative estimate of drug-likeness (QED) is 0.165. The number of benzene rings is 1. The van der Waals surface area contributed by atoms with Gasteiger partial charge in [-0.3, -0.25) is 14.5 Å². The van der Waals surface area contributed by atoms with Gasteiger partial charge in [0.05, 0.1) is 17.4 Å². The van der Waals surface area contributed by atoms with Crippen molar-refractivity contribution >= 4 is 23.4 Å². The summed E-state index contributed by atoms with van der Waals surface area (Å²) in [5.74, 6) is 1.86.